The summed E-state index contributed by atoms with van der Waals surface area (Å²) in [5, 5.41) is 2.63. The number of hydrogen-bond acceptors (Lipinski definition) is 5. The summed E-state index contributed by atoms with van der Waals surface area (Å²) in [6.45, 7) is 7.70. The average molecular weight is 360 g/mol. The molecule has 0 aliphatic rings. The smallest absolute Gasteiger partial charge is 0.397 e. The predicted octanol–water partition coefficient (Wildman–Crippen LogP) is 3.88. The van der Waals surface area contributed by atoms with E-state index in [0.29, 0.717) is 17.2 Å². The van der Waals surface area contributed by atoms with E-state index in [-0.39, 0.29) is 25.0 Å². The molecule has 6 nitrogen and oxygen atoms in total. The van der Waals surface area contributed by atoms with Gasteiger partial charge in [0.15, 0.2) is 11.5 Å². The fourth-order valence-corrected chi connectivity index (χ4v) is 2.42. The highest BCUT2D eigenvalue weighted by Gasteiger charge is 2.17. The van der Waals surface area contributed by atoms with Gasteiger partial charge in [-0.25, -0.2) is 0 Å². The van der Waals surface area contributed by atoms with Crippen molar-refractivity contribution in [1.29, 1.82) is 0 Å². The number of carbonyl (C=O) groups excluding carboxylic acids is 1. The Morgan fingerprint density at radius 2 is 1.91 bits per heavy atom. The molecule has 0 unspecified atom stereocenters. The van der Waals surface area contributed by atoms with Gasteiger partial charge in [-0.15, -0.1) is 24.8 Å². The molecular weight excluding hydrogens is 341 g/mol. The zero-order valence-corrected chi connectivity index (χ0v) is 14.4. The van der Waals surface area contributed by atoms with Crippen LogP contribution in [0.25, 0.3) is 0 Å². The summed E-state index contributed by atoms with van der Waals surface area (Å²) in [7, 11) is -0.158. The Kier molecular flexibility index (Phi) is 9.33. The Hall–Kier alpha value is -1.59. The third-order valence-electron chi connectivity index (χ3n) is 2.34. The number of alkyl halides is 1. The Morgan fingerprint density at radius 1 is 1.26 bits per heavy atom. The molecule has 0 atom stereocenters. The highest BCUT2D eigenvalue weighted by atomic mass is 35.5. The number of hydrogen-bond donors (Lipinski definition) is 1. The molecule has 0 heterocycles. The lowest BCUT2D eigenvalue weighted by Crippen LogP contribution is -2.12. The summed E-state index contributed by atoms with van der Waals surface area (Å²) < 4.78 is 21.8. The van der Waals surface area contributed by atoms with E-state index in [2.05, 4.69) is 18.5 Å². The summed E-state index contributed by atoms with van der Waals surface area (Å²) >= 11 is 5.48. The fraction of sp³-hybridized carbons (Fsp3) is 0.267. The average Bonchev–Trinajstić information content (AvgIpc) is 2.57. The molecule has 1 rings (SSSR count). The van der Waals surface area contributed by atoms with Gasteiger partial charge in [-0.1, -0.05) is 12.2 Å². The zero-order chi connectivity index (χ0) is 17.1. The molecule has 126 valence electrons. The van der Waals surface area contributed by atoms with Gasteiger partial charge in [-0.3, -0.25) is 13.8 Å². The van der Waals surface area contributed by atoms with Crippen LogP contribution < -0.4 is 14.6 Å². The monoisotopic (exact) mass is 359 g/mol. The van der Waals surface area contributed by atoms with Crippen molar-refractivity contribution in [3.63, 3.8) is 0 Å². The Labute approximate surface area is 142 Å². The maximum atomic E-state index is 11.4. The van der Waals surface area contributed by atoms with Crippen molar-refractivity contribution in [2.24, 2.45) is 0 Å². The van der Waals surface area contributed by atoms with Crippen molar-refractivity contribution in [3.05, 3.63) is 43.5 Å². The lowest BCUT2D eigenvalue weighted by Gasteiger charge is -2.18. The largest absolute Gasteiger partial charge is 0.493 e. The zero-order valence-electron chi connectivity index (χ0n) is 12.8. The Balaban J connectivity index is 2.91. The molecule has 8 heteroatoms. The SMILES string of the molecule is C=CCOP(OCC=C)Oc1cc(NC(=O)CCl)ccc1OC. The quantitative estimate of drug-likeness (QED) is 0.369. The molecule has 0 radical (unpaired) electrons. The van der Waals surface area contributed by atoms with Gasteiger partial charge in [0, 0.05) is 11.8 Å². The van der Waals surface area contributed by atoms with Crippen LogP contribution >= 0.6 is 20.2 Å². The van der Waals surface area contributed by atoms with Gasteiger partial charge < -0.3 is 14.6 Å². The minimum Gasteiger partial charge on any atom is -0.493 e. The summed E-state index contributed by atoms with van der Waals surface area (Å²) in [5.41, 5.74) is 0.522. The van der Waals surface area contributed by atoms with Crippen molar-refractivity contribution in [2.45, 2.75) is 0 Å². The van der Waals surface area contributed by atoms with Crippen LogP contribution in [0.15, 0.2) is 43.5 Å². The van der Waals surface area contributed by atoms with E-state index in [1.54, 1.807) is 30.4 Å². The molecule has 0 aliphatic heterocycles. The molecule has 0 spiro atoms. The van der Waals surface area contributed by atoms with Crippen LogP contribution in [-0.2, 0) is 13.8 Å². The van der Waals surface area contributed by atoms with Gasteiger partial charge in [0.25, 0.3) is 0 Å². The molecule has 1 amide bonds. The molecule has 0 saturated carbocycles. The second-order valence-electron chi connectivity index (χ2n) is 4.03. The molecule has 23 heavy (non-hydrogen) atoms. The number of nitrogens with one attached hydrogen (secondary N) is 1. The van der Waals surface area contributed by atoms with E-state index in [0.717, 1.165) is 0 Å². The second-order valence-corrected chi connectivity index (χ2v) is 5.44. The van der Waals surface area contributed by atoms with Crippen molar-refractivity contribution < 1.29 is 23.1 Å². The van der Waals surface area contributed by atoms with Gasteiger partial charge >= 0.3 is 8.60 Å². The molecule has 0 aliphatic carbocycles. The third kappa shape index (κ3) is 7.01. The van der Waals surface area contributed by atoms with Crippen LogP contribution in [0.5, 0.6) is 11.5 Å². The van der Waals surface area contributed by atoms with E-state index < -0.39 is 8.60 Å². The molecule has 1 aromatic carbocycles. The van der Waals surface area contributed by atoms with Gasteiger partial charge in [0.2, 0.25) is 5.91 Å². The highest BCUT2D eigenvalue weighted by Crippen LogP contribution is 2.44. The van der Waals surface area contributed by atoms with Crippen molar-refractivity contribution >= 4 is 31.8 Å². The minimum absolute atomic E-state index is 0.139. The number of methoxy groups -OCH3 is 1. The van der Waals surface area contributed by atoms with E-state index in [1.165, 1.54) is 7.11 Å². The predicted molar refractivity (Wildman–Crippen MR) is 92.2 cm³/mol. The van der Waals surface area contributed by atoms with E-state index >= 15 is 0 Å². The van der Waals surface area contributed by atoms with Gasteiger partial charge in [-0.05, 0) is 12.1 Å². The number of anilines is 1. The summed E-state index contributed by atoms with van der Waals surface area (Å²) in [6.07, 6.45) is 3.18. The van der Waals surface area contributed by atoms with Crippen LogP contribution in [0.2, 0.25) is 0 Å². The maximum absolute atomic E-state index is 11.4. The standard InChI is InChI=1S/C15H19ClNO5P/c1-4-8-20-23(21-9-5-2)22-14-10-12(17-15(18)11-16)6-7-13(14)19-3/h4-7,10H,1-2,8-9,11H2,3H3,(H,17,18). The molecular formula is C15H19ClNO5P. The van der Waals surface area contributed by atoms with Gasteiger partial charge in [-0.2, -0.15) is 0 Å². The van der Waals surface area contributed by atoms with E-state index in [9.17, 15) is 4.79 Å². The van der Waals surface area contributed by atoms with Crippen molar-refractivity contribution in [1.82, 2.24) is 0 Å². The summed E-state index contributed by atoms with van der Waals surface area (Å²) in [5.74, 6) is 0.389. The van der Waals surface area contributed by atoms with Gasteiger partial charge in [0.05, 0.1) is 20.3 Å². The van der Waals surface area contributed by atoms with E-state index in [1.807, 2.05) is 0 Å². The number of rotatable bonds is 11. The molecule has 0 saturated heterocycles. The van der Waals surface area contributed by atoms with Crippen LogP contribution in [0.3, 0.4) is 0 Å². The summed E-state index contributed by atoms with van der Waals surface area (Å²) in [6, 6.07) is 4.94. The first-order valence-corrected chi connectivity index (χ1v) is 8.27. The van der Waals surface area contributed by atoms with Crippen molar-refractivity contribution in [2.75, 3.05) is 31.5 Å². The first kappa shape index (κ1) is 19.5. The highest BCUT2D eigenvalue weighted by molar-refractivity contribution is 7.42. The number of benzene rings is 1. The van der Waals surface area contributed by atoms with Crippen LogP contribution in [-0.4, -0.2) is 32.1 Å². The Morgan fingerprint density at radius 3 is 2.43 bits per heavy atom. The first-order chi connectivity index (χ1) is 11.1. The molecule has 0 bridgehead atoms. The number of amides is 1. The lowest BCUT2D eigenvalue weighted by molar-refractivity contribution is -0.113. The fourth-order valence-electron chi connectivity index (χ4n) is 1.42. The number of carbonyl (C=O) groups is 1. The summed E-state index contributed by atoms with van der Waals surface area (Å²) in [4.78, 5) is 11.4. The number of ether oxygens (including phenoxy) is 1. The van der Waals surface area contributed by atoms with Crippen molar-refractivity contribution in [3.8, 4) is 11.5 Å². The van der Waals surface area contributed by atoms with Crippen LogP contribution in [0.1, 0.15) is 0 Å². The van der Waals surface area contributed by atoms with Crippen LogP contribution in [0.4, 0.5) is 5.69 Å². The van der Waals surface area contributed by atoms with E-state index in [4.69, 9.17) is 29.9 Å². The molecule has 1 aromatic rings. The maximum Gasteiger partial charge on any atom is 0.397 e. The lowest BCUT2D eigenvalue weighted by atomic mass is 10.3. The normalized spacial score (nSPS) is 10.2. The second kappa shape index (κ2) is 11.0. The molecule has 1 N–H and O–H groups in total. The molecule has 0 aromatic heterocycles. The third-order valence-corrected chi connectivity index (χ3v) is 3.65. The first-order valence-electron chi connectivity index (χ1n) is 6.64. The topological polar surface area (TPSA) is 66.0 Å². The molecule has 0 fully saturated rings. The number of halogens is 1. The van der Waals surface area contributed by atoms with Crippen LogP contribution in [0, 0.1) is 0 Å². The Bertz CT molecular complexity index is 529. The minimum atomic E-state index is -1.67. The van der Waals surface area contributed by atoms with Gasteiger partial charge in [0.1, 0.15) is 5.88 Å².